The van der Waals surface area contributed by atoms with Gasteiger partial charge >= 0.3 is 0 Å². The largest absolute Gasteiger partial charge is 0.497 e. The summed E-state index contributed by atoms with van der Waals surface area (Å²) in [7, 11) is 1.68. The van der Waals surface area contributed by atoms with Gasteiger partial charge in [0.25, 0.3) is 0 Å². The van der Waals surface area contributed by atoms with Crippen LogP contribution in [0.4, 0.5) is 0 Å². The molecule has 124 valence electrons. The Bertz CT molecular complexity index is 736. The third kappa shape index (κ3) is 2.80. The maximum atomic E-state index is 13.1. The SMILES string of the molecule is COc1cccc([C@H]2CCCN2C(=O)[C@H]2Cc3ccccc3S2)c1. The fourth-order valence-electron chi connectivity index (χ4n) is 3.73. The van der Waals surface area contributed by atoms with Gasteiger partial charge in [-0.1, -0.05) is 30.3 Å². The lowest BCUT2D eigenvalue weighted by Crippen LogP contribution is -2.37. The van der Waals surface area contributed by atoms with Crippen molar-refractivity contribution in [3.8, 4) is 5.75 Å². The summed E-state index contributed by atoms with van der Waals surface area (Å²) in [5.41, 5.74) is 2.48. The molecular weight excluding hydrogens is 318 g/mol. The highest BCUT2D eigenvalue weighted by Gasteiger charge is 2.37. The van der Waals surface area contributed by atoms with Crippen LogP contribution in [0.2, 0.25) is 0 Å². The predicted molar refractivity (Wildman–Crippen MR) is 96.5 cm³/mol. The first-order chi connectivity index (χ1) is 11.8. The van der Waals surface area contributed by atoms with E-state index in [1.807, 2.05) is 18.2 Å². The van der Waals surface area contributed by atoms with Crippen LogP contribution in [0.25, 0.3) is 0 Å². The number of fused-ring (bicyclic) bond motifs is 1. The summed E-state index contributed by atoms with van der Waals surface area (Å²) in [6.07, 6.45) is 2.95. The van der Waals surface area contributed by atoms with Crippen molar-refractivity contribution >= 4 is 17.7 Å². The van der Waals surface area contributed by atoms with Crippen molar-refractivity contribution in [1.82, 2.24) is 4.90 Å². The van der Waals surface area contributed by atoms with Crippen molar-refractivity contribution in [1.29, 1.82) is 0 Å². The van der Waals surface area contributed by atoms with Gasteiger partial charge in [0.1, 0.15) is 5.75 Å². The number of nitrogens with zero attached hydrogens (tertiary/aromatic N) is 1. The molecule has 0 N–H and O–H groups in total. The number of benzene rings is 2. The van der Waals surface area contributed by atoms with E-state index in [2.05, 4.69) is 35.2 Å². The summed E-state index contributed by atoms with van der Waals surface area (Å²) < 4.78 is 5.34. The highest BCUT2D eigenvalue weighted by Crippen LogP contribution is 2.41. The predicted octanol–water partition coefficient (Wildman–Crippen LogP) is 4.08. The molecule has 2 aliphatic heterocycles. The van der Waals surface area contributed by atoms with Crippen LogP contribution in [0.1, 0.15) is 30.0 Å². The summed E-state index contributed by atoms with van der Waals surface area (Å²) in [6, 6.07) is 16.7. The molecule has 2 atom stereocenters. The van der Waals surface area contributed by atoms with E-state index in [1.165, 1.54) is 16.0 Å². The minimum absolute atomic E-state index is 0.0219. The Labute approximate surface area is 147 Å². The Kier molecular flexibility index (Phi) is 4.23. The minimum atomic E-state index is 0.0219. The molecule has 2 aromatic rings. The summed E-state index contributed by atoms with van der Waals surface area (Å²) in [4.78, 5) is 16.5. The summed E-state index contributed by atoms with van der Waals surface area (Å²) >= 11 is 1.72. The van der Waals surface area contributed by atoms with Gasteiger partial charge in [-0.25, -0.2) is 0 Å². The van der Waals surface area contributed by atoms with E-state index in [-0.39, 0.29) is 17.2 Å². The lowest BCUT2D eigenvalue weighted by molar-refractivity contribution is -0.131. The molecule has 24 heavy (non-hydrogen) atoms. The van der Waals surface area contributed by atoms with Crippen LogP contribution in [-0.4, -0.2) is 29.7 Å². The van der Waals surface area contributed by atoms with Gasteiger partial charge in [-0.3, -0.25) is 4.79 Å². The number of carbonyl (C=O) groups is 1. The number of methoxy groups -OCH3 is 1. The zero-order valence-electron chi connectivity index (χ0n) is 13.8. The van der Waals surface area contributed by atoms with E-state index >= 15 is 0 Å². The normalized spacial score (nSPS) is 22.5. The molecule has 2 aromatic carbocycles. The molecule has 1 saturated heterocycles. The van der Waals surface area contributed by atoms with Crippen molar-refractivity contribution in [2.45, 2.75) is 35.4 Å². The van der Waals surface area contributed by atoms with Gasteiger partial charge in [0, 0.05) is 11.4 Å². The van der Waals surface area contributed by atoms with Crippen molar-refractivity contribution in [3.05, 3.63) is 59.7 Å². The van der Waals surface area contributed by atoms with E-state index in [0.29, 0.717) is 0 Å². The fraction of sp³-hybridized carbons (Fsp3) is 0.350. The van der Waals surface area contributed by atoms with E-state index in [1.54, 1.807) is 18.9 Å². The number of hydrogen-bond donors (Lipinski definition) is 0. The molecule has 0 unspecified atom stereocenters. The summed E-state index contributed by atoms with van der Waals surface area (Å²) in [5, 5.41) is 0.0219. The van der Waals surface area contributed by atoms with Gasteiger partial charge in [0.15, 0.2) is 0 Å². The van der Waals surface area contributed by atoms with Crippen LogP contribution in [0.15, 0.2) is 53.4 Å². The van der Waals surface area contributed by atoms with E-state index in [0.717, 1.165) is 31.6 Å². The number of ether oxygens (including phenoxy) is 1. The molecule has 0 saturated carbocycles. The Morgan fingerprint density at radius 3 is 2.92 bits per heavy atom. The average molecular weight is 339 g/mol. The molecule has 0 aliphatic carbocycles. The second-order valence-electron chi connectivity index (χ2n) is 6.38. The zero-order valence-corrected chi connectivity index (χ0v) is 14.6. The maximum absolute atomic E-state index is 13.1. The second kappa shape index (κ2) is 6.52. The molecule has 0 radical (unpaired) electrons. The molecule has 1 fully saturated rings. The highest BCUT2D eigenvalue weighted by molar-refractivity contribution is 8.01. The molecule has 2 heterocycles. The molecule has 0 aromatic heterocycles. The molecular formula is C20H21NO2S. The third-order valence-corrected chi connectivity index (χ3v) is 6.24. The quantitative estimate of drug-likeness (QED) is 0.844. The number of hydrogen-bond acceptors (Lipinski definition) is 3. The molecule has 1 amide bonds. The summed E-state index contributed by atoms with van der Waals surface area (Å²) in [6.45, 7) is 0.855. The van der Waals surface area contributed by atoms with Crippen LogP contribution in [0.5, 0.6) is 5.75 Å². The molecule has 2 aliphatic rings. The van der Waals surface area contributed by atoms with Crippen LogP contribution in [0.3, 0.4) is 0 Å². The molecule has 3 nitrogen and oxygen atoms in total. The molecule has 4 heteroatoms. The summed E-state index contributed by atoms with van der Waals surface area (Å²) in [5.74, 6) is 1.14. The number of rotatable bonds is 3. The Hall–Kier alpha value is -1.94. The highest BCUT2D eigenvalue weighted by atomic mass is 32.2. The van der Waals surface area contributed by atoms with Crippen molar-refractivity contribution in [2.24, 2.45) is 0 Å². The monoisotopic (exact) mass is 339 g/mol. The first-order valence-electron chi connectivity index (χ1n) is 8.45. The van der Waals surface area contributed by atoms with Gasteiger partial charge in [0.2, 0.25) is 5.91 Å². The van der Waals surface area contributed by atoms with Gasteiger partial charge < -0.3 is 9.64 Å². The maximum Gasteiger partial charge on any atom is 0.236 e. The molecule has 0 bridgehead atoms. The van der Waals surface area contributed by atoms with Gasteiger partial charge in [0.05, 0.1) is 18.4 Å². The minimum Gasteiger partial charge on any atom is -0.497 e. The van der Waals surface area contributed by atoms with E-state index in [4.69, 9.17) is 4.74 Å². The van der Waals surface area contributed by atoms with Crippen molar-refractivity contribution in [3.63, 3.8) is 0 Å². The Balaban J connectivity index is 1.54. The van der Waals surface area contributed by atoms with Crippen molar-refractivity contribution < 1.29 is 9.53 Å². The standard InChI is InChI=1S/C20H21NO2S/c1-23-16-8-4-7-14(12-16)17-9-5-11-21(17)20(22)19-13-15-6-2-3-10-18(15)24-19/h2-4,6-8,10,12,17,19H,5,9,11,13H2,1H3/t17-,19-/m1/s1. The first kappa shape index (κ1) is 15.6. The first-order valence-corrected chi connectivity index (χ1v) is 9.33. The second-order valence-corrected chi connectivity index (χ2v) is 7.63. The molecule has 4 rings (SSSR count). The van der Waals surface area contributed by atoms with Crippen LogP contribution in [0, 0.1) is 0 Å². The molecule has 0 spiro atoms. The Morgan fingerprint density at radius 1 is 1.21 bits per heavy atom. The Morgan fingerprint density at radius 2 is 2.08 bits per heavy atom. The lowest BCUT2D eigenvalue weighted by Gasteiger charge is -2.27. The average Bonchev–Trinajstić information content (AvgIpc) is 3.28. The van der Waals surface area contributed by atoms with Gasteiger partial charge in [-0.05, 0) is 48.6 Å². The van der Waals surface area contributed by atoms with E-state index in [9.17, 15) is 4.79 Å². The van der Waals surface area contributed by atoms with Gasteiger partial charge in [-0.2, -0.15) is 0 Å². The van der Waals surface area contributed by atoms with Crippen molar-refractivity contribution in [2.75, 3.05) is 13.7 Å². The van der Waals surface area contributed by atoms with Gasteiger partial charge in [-0.15, -0.1) is 11.8 Å². The number of thioether (sulfide) groups is 1. The van der Waals surface area contributed by atoms with Crippen LogP contribution in [-0.2, 0) is 11.2 Å². The third-order valence-electron chi connectivity index (χ3n) is 4.94. The fourth-order valence-corrected chi connectivity index (χ4v) is 5.00. The number of amides is 1. The zero-order chi connectivity index (χ0) is 16.5. The van der Waals surface area contributed by atoms with E-state index < -0.39 is 0 Å². The lowest BCUT2D eigenvalue weighted by atomic mass is 10.0. The number of likely N-dealkylation sites (tertiary alicyclic amines) is 1. The smallest absolute Gasteiger partial charge is 0.236 e. The topological polar surface area (TPSA) is 29.5 Å². The number of carbonyl (C=O) groups excluding carboxylic acids is 1. The van der Waals surface area contributed by atoms with Crippen LogP contribution < -0.4 is 4.74 Å². The van der Waals surface area contributed by atoms with Crippen LogP contribution >= 0.6 is 11.8 Å².